The Morgan fingerprint density at radius 2 is 1.97 bits per heavy atom. The lowest BCUT2D eigenvalue weighted by Gasteiger charge is -2.35. The van der Waals surface area contributed by atoms with Crippen LogP contribution in [0.25, 0.3) is 22.4 Å². The summed E-state index contributed by atoms with van der Waals surface area (Å²) in [5.41, 5.74) is 1.46. The molecular formula is C23H24ClFN8O. The lowest BCUT2D eigenvalue weighted by Crippen LogP contribution is -2.47. The largest absolute Gasteiger partial charge is 0.395 e. The summed E-state index contributed by atoms with van der Waals surface area (Å²) in [6, 6.07) is 8.19. The van der Waals surface area contributed by atoms with Gasteiger partial charge in [0, 0.05) is 45.0 Å². The molecule has 34 heavy (non-hydrogen) atoms. The number of rotatable bonds is 6. The molecular weight excluding hydrogens is 459 g/mol. The molecule has 176 valence electrons. The van der Waals surface area contributed by atoms with Gasteiger partial charge in [-0.3, -0.25) is 4.90 Å². The number of imidazole rings is 1. The summed E-state index contributed by atoms with van der Waals surface area (Å²) in [6.07, 6.45) is 1.64. The van der Waals surface area contributed by atoms with Crippen LogP contribution in [0.3, 0.4) is 0 Å². The van der Waals surface area contributed by atoms with E-state index in [1.807, 2.05) is 13.0 Å². The predicted molar refractivity (Wildman–Crippen MR) is 130 cm³/mol. The van der Waals surface area contributed by atoms with Crippen LogP contribution in [-0.4, -0.2) is 74.3 Å². The molecule has 1 aliphatic rings. The molecule has 5 rings (SSSR count). The molecule has 1 saturated heterocycles. The van der Waals surface area contributed by atoms with Crippen molar-refractivity contribution in [3.8, 4) is 11.4 Å². The molecule has 0 atom stereocenters. The molecule has 0 radical (unpaired) electrons. The molecule has 1 aliphatic heterocycles. The molecule has 9 nitrogen and oxygen atoms in total. The second kappa shape index (κ2) is 9.49. The number of aromatic amines is 1. The molecule has 0 saturated carbocycles. The van der Waals surface area contributed by atoms with Gasteiger partial charge in [0.1, 0.15) is 34.6 Å². The van der Waals surface area contributed by atoms with E-state index in [4.69, 9.17) is 16.7 Å². The van der Waals surface area contributed by atoms with E-state index in [-0.39, 0.29) is 17.2 Å². The topological polar surface area (TPSA) is 106 Å². The lowest BCUT2D eigenvalue weighted by atomic mass is 10.2. The van der Waals surface area contributed by atoms with Crippen molar-refractivity contribution in [1.29, 1.82) is 0 Å². The Kier molecular flexibility index (Phi) is 6.27. The number of H-pyrrole nitrogens is 1. The monoisotopic (exact) mass is 482 g/mol. The van der Waals surface area contributed by atoms with Gasteiger partial charge >= 0.3 is 0 Å². The summed E-state index contributed by atoms with van der Waals surface area (Å²) in [5, 5.41) is 12.7. The highest BCUT2D eigenvalue weighted by atomic mass is 35.5. The Morgan fingerprint density at radius 3 is 2.74 bits per heavy atom. The highest BCUT2D eigenvalue weighted by Crippen LogP contribution is 2.32. The number of anilines is 3. The number of aliphatic hydroxyl groups is 1. The maximum absolute atomic E-state index is 14.4. The Bertz CT molecular complexity index is 1300. The summed E-state index contributed by atoms with van der Waals surface area (Å²) in [4.78, 5) is 25.7. The SMILES string of the molecule is Cc1nc(Nc2nccc3[nH]c(-c4c(F)cccc4Cl)nc23)cc(N2CCN(CCO)CC2)n1. The number of aromatic nitrogens is 5. The van der Waals surface area contributed by atoms with E-state index in [9.17, 15) is 4.39 Å². The van der Waals surface area contributed by atoms with E-state index in [1.165, 1.54) is 6.07 Å². The number of fused-ring (bicyclic) bond motifs is 1. The lowest BCUT2D eigenvalue weighted by molar-refractivity contribution is 0.188. The average molecular weight is 483 g/mol. The van der Waals surface area contributed by atoms with Crippen molar-refractivity contribution in [2.45, 2.75) is 6.92 Å². The van der Waals surface area contributed by atoms with Crippen LogP contribution in [0.2, 0.25) is 5.02 Å². The number of benzene rings is 1. The van der Waals surface area contributed by atoms with E-state index in [0.717, 1.165) is 32.0 Å². The van der Waals surface area contributed by atoms with Crippen LogP contribution in [0.4, 0.5) is 21.8 Å². The number of aryl methyl sites for hydroxylation is 1. The minimum absolute atomic E-state index is 0.164. The second-order valence-corrected chi connectivity index (χ2v) is 8.48. The molecule has 1 fully saturated rings. The summed E-state index contributed by atoms with van der Waals surface area (Å²) in [6.45, 7) is 6.05. The first-order valence-corrected chi connectivity index (χ1v) is 11.4. The number of halogens is 2. The third-order valence-electron chi connectivity index (χ3n) is 5.78. The third-order valence-corrected chi connectivity index (χ3v) is 6.10. The van der Waals surface area contributed by atoms with Crippen LogP contribution in [0.15, 0.2) is 36.5 Å². The minimum Gasteiger partial charge on any atom is -0.395 e. The normalized spacial score (nSPS) is 14.6. The van der Waals surface area contributed by atoms with Gasteiger partial charge < -0.3 is 20.3 Å². The highest BCUT2D eigenvalue weighted by Gasteiger charge is 2.20. The molecule has 0 spiro atoms. The molecule has 3 aromatic heterocycles. The summed E-state index contributed by atoms with van der Waals surface area (Å²) < 4.78 is 14.4. The number of piperazine rings is 1. The van der Waals surface area contributed by atoms with Crippen LogP contribution in [-0.2, 0) is 0 Å². The maximum Gasteiger partial charge on any atom is 0.159 e. The van der Waals surface area contributed by atoms with Crippen molar-refractivity contribution < 1.29 is 9.50 Å². The second-order valence-electron chi connectivity index (χ2n) is 8.07. The van der Waals surface area contributed by atoms with Gasteiger partial charge in [-0.15, -0.1) is 0 Å². The van der Waals surface area contributed by atoms with Crippen molar-refractivity contribution in [1.82, 2.24) is 29.8 Å². The number of nitrogens with one attached hydrogen (secondary N) is 2. The fourth-order valence-electron chi connectivity index (χ4n) is 4.11. The van der Waals surface area contributed by atoms with E-state index in [0.29, 0.717) is 40.9 Å². The molecule has 4 aromatic rings. The van der Waals surface area contributed by atoms with Gasteiger partial charge in [0.05, 0.1) is 22.7 Å². The minimum atomic E-state index is -0.454. The zero-order valence-electron chi connectivity index (χ0n) is 18.6. The van der Waals surface area contributed by atoms with Gasteiger partial charge in [-0.25, -0.2) is 24.3 Å². The van der Waals surface area contributed by atoms with Gasteiger partial charge in [-0.2, -0.15) is 0 Å². The number of β-amino-alcohol motifs (C(OH)–C–C–N with tert-alkyl or cyclic N) is 1. The van der Waals surface area contributed by atoms with Crippen LogP contribution >= 0.6 is 11.6 Å². The molecule has 3 N–H and O–H groups in total. The summed E-state index contributed by atoms with van der Waals surface area (Å²) >= 11 is 6.23. The smallest absolute Gasteiger partial charge is 0.159 e. The molecule has 0 unspecified atom stereocenters. The van der Waals surface area contributed by atoms with Crippen LogP contribution in [0, 0.1) is 12.7 Å². The van der Waals surface area contributed by atoms with Gasteiger partial charge in [0.2, 0.25) is 0 Å². The van der Waals surface area contributed by atoms with Crippen LogP contribution < -0.4 is 10.2 Å². The molecule has 4 heterocycles. The zero-order valence-corrected chi connectivity index (χ0v) is 19.3. The molecule has 0 amide bonds. The Hall–Kier alpha value is -3.34. The van der Waals surface area contributed by atoms with Crippen molar-refractivity contribution in [2.24, 2.45) is 0 Å². The average Bonchev–Trinajstić information content (AvgIpc) is 3.24. The first-order chi connectivity index (χ1) is 16.5. The number of nitrogens with zero attached hydrogens (tertiary/aromatic N) is 6. The number of hydrogen-bond donors (Lipinski definition) is 3. The van der Waals surface area contributed by atoms with Crippen LogP contribution in [0.1, 0.15) is 5.82 Å². The van der Waals surface area contributed by atoms with E-state index in [2.05, 4.69) is 40.0 Å². The predicted octanol–water partition coefficient (Wildman–Crippen LogP) is 3.37. The van der Waals surface area contributed by atoms with Crippen molar-refractivity contribution in [3.63, 3.8) is 0 Å². The first kappa shape index (κ1) is 22.5. The fraction of sp³-hybridized carbons (Fsp3) is 0.304. The zero-order chi connectivity index (χ0) is 23.7. The van der Waals surface area contributed by atoms with Crippen molar-refractivity contribution in [2.75, 3.05) is 49.5 Å². The van der Waals surface area contributed by atoms with E-state index >= 15 is 0 Å². The summed E-state index contributed by atoms with van der Waals surface area (Å²) in [5.74, 6) is 2.41. The number of aliphatic hydroxyl groups excluding tert-OH is 1. The van der Waals surface area contributed by atoms with Crippen molar-refractivity contribution >= 4 is 40.1 Å². The standard InChI is InChI=1S/C23H24ClFN8O/c1-14-27-18(13-19(28-14)33-9-7-32(8-10-33)11-12-34)30-23-21-17(5-6-26-23)29-22(31-21)20-15(24)3-2-4-16(20)25/h2-6,13,34H,7-12H2,1H3,(H,29,31)(H,26,27,28,30). The van der Waals surface area contributed by atoms with Crippen LogP contribution in [0.5, 0.6) is 0 Å². The van der Waals surface area contributed by atoms with Gasteiger partial charge in [-0.05, 0) is 25.1 Å². The molecule has 1 aromatic carbocycles. The fourth-order valence-corrected chi connectivity index (χ4v) is 4.36. The molecule has 0 bridgehead atoms. The Labute approximate surface area is 200 Å². The quantitative estimate of drug-likeness (QED) is 0.384. The maximum atomic E-state index is 14.4. The molecule has 0 aliphatic carbocycles. The van der Waals surface area contributed by atoms with Gasteiger partial charge in [-0.1, -0.05) is 17.7 Å². The third kappa shape index (κ3) is 4.52. The van der Waals surface area contributed by atoms with Crippen molar-refractivity contribution in [3.05, 3.63) is 53.2 Å². The van der Waals surface area contributed by atoms with Gasteiger partial charge in [0.25, 0.3) is 0 Å². The highest BCUT2D eigenvalue weighted by molar-refractivity contribution is 6.33. The van der Waals surface area contributed by atoms with Gasteiger partial charge in [0.15, 0.2) is 5.82 Å². The molecule has 11 heteroatoms. The van der Waals surface area contributed by atoms with E-state index in [1.54, 1.807) is 24.4 Å². The Morgan fingerprint density at radius 1 is 1.15 bits per heavy atom. The number of hydrogen-bond acceptors (Lipinski definition) is 8. The summed E-state index contributed by atoms with van der Waals surface area (Å²) in [7, 11) is 0. The Balaban J connectivity index is 1.43. The van der Waals surface area contributed by atoms with E-state index < -0.39 is 5.82 Å². The number of pyridine rings is 1. The first-order valence-electron chi connectivity index (χ1n) is 11.0.